The maximum absolute atomic E-state index is 3.92. The first-order chi connectivity index (χ1) is 22.6. The molecule has 1 heterocycles. The van der Waals surface area contributed by atoms with Crippen molar-refractivity contribution in [2.24, 2.45) is 0 Å². The summed E-state index contributed by atoms with van der Waals surface area (Å²) >= 11 is 0. The van der Waals surface area contributed by atoms with Crippen LogP contribution in [0.3, 0.4) is 0 Å². The average molecular weight is 784 g/mol. The van der Waals surface area contributed by atoms with Gasteiger partial charge in [0.1, 0.15) is 0 Å². The van der Waals surface area contributed by atoms with Gasteiger partial charge in [-0.15, -0.1) is 57.3 Å². The van der Waals surface area contributed by atoms with Gasteiger partial charge in [-0.25, -0.2) is 0 Å². The van der Waals surface area contributed by atoms with Crippen molar-refractivity contribution in [3.8, 4) is 22.3 Å². The molecule has 2 nitrogen and oxygen atoms in total. The summed E-state index contributed by atoms with van der Waals surface area (Å²) in [6.07, 6.45) is 0. The van der Waals surface area contributed by atoms with E-state index in [-0.39, 0.29) is 21.1 Å². The molecule has 0 atom stereocenters. The maximum Gasteiger partial charge on any atom is 4.00 e. The Morgan fingerprint density at radius 2 is 0.830 bits per heavy atom. The van der Waals surface area contributed by atoms with Crippen LogP contribution in [0.5, 0.6) is 0 Å². The van der Waals surface area contributed by atoms with E-state index in [4.69, 9.17) is 0 Å². The fourth-order valence-corrected chi connectivity index (χ4v) is 7.53. The summed E-state index contributed by atoms with van der Waals surface area (Å²) < 4.78 is 0. The number of anilines is 2. The number of hydrogen-bond acceptors (Lipinski definition) is 2. The molecule has 1 aliphatic rings. The Labute approximate surface area is 290 Å². The van der Waals surface area contributed by atoms with Gasteiger partial charge < -0.3 is 9.80 Å². The SMILES string of the molecule is CN1Cc2[c-]c(c3ccc4ccccc4c3c2)-c2ccccc2N(C)Cc2[c-]c(c3ccc4ccccc4c3c2)-c2ccccc21.[Pt+4]. The molecule has 3 heteroatoms. The molecule has 226 valence electrons. The van der Waals surface area contributed by atoms with Crippen LogP contribution in [0.2, 0.25) is 0 Å². The van der Waals surface area contributed by atoms with Crippen molar-refractivity contribution in [2.75, 3.05) is 23.9 Å². The molecule has 8 aromatic rings. The first kappa shape index (κ1) is 29.5. The fourth-order valence-electron chi connectivity index (χ4n) is 7.53. The molecule has 8 aromatic carbocycles. The Bertz CT molecular complexity index is 2310. The molecule has 0 spiro atoms. The van der Waals surface area contributed by atoms with E-state index in [2.05, 4.69) is 169 Å². The van der Waals surface area contributed by atoms with Crippen LogP contribution in [0.15, 0.2) is 133 Å². The summed E-state index contributed by atoms with van der Waals surface area (Å²) in [4.78, 5) is 4.75. The van der Waals surface area contributed by atoms with Crippen molar-refractivity contribution in [3.63, 3.8) is 0 Å². The van der Waals surface area contributed by atoms with Crippen molar-refractivity contribution in [2.45, 2.75) is 13.1 Å². The van der Waals surface area contributed by atoms with Crippen molar-refractivity contribution >= 4 is 54.5 Å². The zero-order valence-electron chi connectivity index (χ0n) is 26.3. The Morgan fingerprint density at radius 3 is 1.30 bits per heavy atom. The maximum atomic E-state index is 3.92. The summed E-state index contributed by atoms with van der Waals surface area (Å²) in [5.41, 5.74) is 9.38. The second-order valence-electron chi connectivity index (χ2n) is 12.6. The average Bonchev–Trinajstić information content (AvgIpc) is 3.10. The van der Waals surface area contributed by atoms with Crippen LogP contribution in [0.25, 0.3) is 65.3 Å². The molecule has 0 radical (unpaired) electrons. The quantitative estimate of drug-likeness (QED) is 0.112. The Hall–Kier alpha value is -4.91. The molecular weight excluding hydrogens is 752 g/mol. The normalized spacial score (nSPS) is 12.9. The van der Waals surface area contributed by atoms with Gasteiger partial charge in [0.15, 0.2) is 0 Å². The van der Waals surface area contributed by atoms with Crippen molar-refractivity contribution in [1.29, 1.82) is 0 Å². The molecule has 0 unspecified atom stereocenters. The molecule has 0 aromatic heterocycles. The Kier molecular flexibility index (Phi) is 7.35. The smallest absolute Gasteiger partial charge is 0.379 e. The fraction of sp³-hybridized carbons (Fsp3) is 0.0909. The molecule has 0 saturated carbocycles. The summed E-state index contributed by atoms with van der Waals surface area (Å²) in [7, 11) is 4.41. The second kappa shape index (κ2) is 11.7. The monoisotopic (exact) mass is 783 g/mol. The molecule has 47 heavy (non-hydrogen) atoms. The van der Waals surface area contributed by atoms with E-state index in [1.54, 1.807) is 0 Å². The first-order valence-corrected chi connectivity index (χ1v) is 16.0. The number of para-hydroxylation sites is 2. The molecule has 0 fully saturated rings. The van der Waals surface area contributed by atoms with Crippen LogP contribution in [-0.4, -0.2) is 14.1 Å². The van der Waals surface area contributed by atoms with E-state index in [1.807, 2.05) is 0 Å². The van der Waals surface area contributed by atoms with Crippen molar-refractivity contribution < 1.29 is 21.1 Å². The van der Waals surface area contributed by atoms with E-state index in [0.29, 0.717) is 0 Å². The molecule has 9 rings (SSSR count). The van der Waals surface area contributed by atoms with Crippen LogP contribution in [0, 0.1) is 12.1 Å². The summed E-state index contributed by atoms with van der Waals surface area (Å²) in [5, 5.41) is 10.0. The number of hydrogen-bond donors (Lipinski definition) is 0. The van der Waals surface area contributed by atoms with Gasteiger partial charge in [0.05, 0.1) is 0 Å². The molecule has 1 aliphatic heterocycles. The third-order valence-electron chi connectivity index (χ3n) is 9.67. The summed E-state index contributed by atoms with van der Waals surface area (Å²) in [6, 6.07) is 56.6. The van der Waals surface area contributed by atoms with Crippen molar-refractivity contribution in [3.05, 3.63) is 157 Å². The van der Waals surface area contributed by atoms with E-state index in [9.17, 15) is 0 Å². The van der Waals surface area contributed by atoms with Gasteiger partial charge in [-0.3, -0.25) is 0 Å². The van der Waals surface area contributed by atoms with Gasteiger partial charge in [0.2, 0.25) is 0 Å². The van der Waals surface area contributed by atoms with Crippen LogP contribution >= 0.6 is 0 Å². The molecule has 0 amide bonds. The predicted molar refractivity (Wildman–Crippen MR) is 196 cm³/mol. The molecule has 0 N–H and O–H groups in total. The van der Waals surface area contributed by atoms with Crippen LogP contribution < -0.4 is 9.80 Å². The molecule has 0 saturated heterocycles. The van der Waals surface area contributed by atoms with E-state index < -0.39 is 0 Å². The zero-order chi connectivity index (χ0) is 30.8. The van der Waals surface area contributed by atoms with Gasteiger partial charge in [-0.1, -0.05) is 131 Å². The standard InChI is InChI=1S/C44H32N2.Pt/c1-45-27-29-23-39-33-13-5-3-11-31(33)20-22-36(39)42(25-29)38-16-8-10-18-44(38)46(2)28-30-24-40-34-14-6-4-12-32(34)19-21-35(40)41(26-30)37-15-7-9-17-43(37)45;/h3-24H,27-28H2,1-2H3;/q-2;+4. The molecule has 4 bridgehead atoms. The van der Waals surface area contributed by atoms with Gasteiger partial charge in [0, 0.05) is 38.6 Å². The minimum atomic E-state index is 0. The summed E-state index contributed by atoms with van der Waals surface area (Å²) in [5.74, 6) is 0. The second-order valence-corrected chi connectivity index (χ2v) is 12.6. The number of rotatable bonds is 0. The summed E-state index contributed by atoms with van der Waals surface area (Å²) in [6.45, 7) is 1.45. The predicted octanol–water partition coefficient (Wildman–Crippen LogP) is 10.8. The third kappa shape index (κ3) is 4.91. The van der Waals surface area contributed by atoms with Crippen LogP contribution in [0.1, 0.15) is 11.1 Å². The minimum Gasteiger partial charge on any atom is -0.379 e. The van der Waals surface area contributed by atoms with E-state index in [0.717, 1.165) is 24.2 Å². The van der Waals surface area contributed by atoms with Gasteiger partial charge >= 0.3 is 21.1 Å². The largest absolute Gasteiger partial charge is 4.00 e. The first-order valence-electron chi connectivity index (χ1n) is 16.0. The Morgan fingerprint density at radius 1 is 0.426 bits per heavy atom. The topological polar surface area (TPSA) is 6.48 Å². The van der Waals surface area contributed by atoms with Gasteiger partial charge in [-0.05, 0) is 33.7 Å². The van der Waals surface area contributed by atoms with Gasteiger partial charge in [0.25, 0.3) is 0 Å². The van der Waals surface area contributed by atoms with Crippen LogP contribution in [-0.2, 0) is 34.2 Å². The number of fused-ring (bicyclic) bond motifs is 16. The zero-order valence-corrected chi connectivity index (χ0v) is 28.6. The Balaban J connectivity index is 0.00000324. The third-order valence-corrected chi connectivity index (χ3v) is 9.67. The van der Waals surface area contributed by atoms with Crippen LogP contribution in [0.4, 0.5) is 11.4 Å². The van der Waals surface area contributed by atoms with Crippen molar-refractivity contribution in [1.82, 2.24) is 0 Å². The molecular formula is C44H32N2Pt+2. The number of nitrogens with zero attached hydrogens (tertiary/aromatic N) is 2. The van der Waals surface area contributed by atoms with E-state index in [1.165, 1.54) is 76.7 Å². The van der Waals surface area contributed by atoms with Gasteiger partial charge in [-0.2, -0.15) is 0 Å². The molecule has 0 aliphatic carbocycles. The van der Waals surface area contributed by atoms with E-state index >= 15 is 0 Å². The minimum absolute atomic E-state index is 0. The number of benzene rings is 8.